The van der Waals surface area contributed by atoms with Crippen LogP contribution in [-0.2, 0) is 10.8 Å². The Hall–Kier alpha value is -2.16. The molecule has 2 aromatic rings. The summed E-state index contributed by atoms with van der Waals surface area (Å²) in [4.78, 5) is 4.71. The molecule has 4 rings (SSSR count). The minimum absolute atomic E-state index is 0.0139. The largest absolute Gasteiger partial charge is 0.487 e. The van der Waals surface area contributed by atoms with Gasteiger partial charge in [0.1, 0.15) is 11.4 Å². The van der Waals surface area contributed by atoms with E-state index in [1.165, 1.54) is 28.2 Å². The number of hydrogen-bond donors (Lipinski definition) is 0. The highest BCUT2D eigenvalue weighted by molar-refractivity contribution is 5.85. The summed E-state index contributed by atoms with van der Waals surface area (Å²) in [5.41, 5.74) is 6.36. The third-order valence-corrected chi connectivity index (χ3v) is 6.72. The fourth-order valence-corrected chi connectivity index (χ4v) is 4.11. The van der Waals surface area contributed by atoms with E-state index in [1.54, 1.807) is 0 Å². The predicted octanol–water partition coefficient (Wildman–Crippen LogP) is 5.98. The van der Waals surface area contributed by atoms with Gasteiger partial charge in [-0.3, -0.25) is 0 Å². The Kier molecular flexibility index (Phi) is 3.67. The molecule has 0 bridgehead atoms. The van der Waals surface area contributed by atoms with Gasteiger partial charge in [0.15, 0.2) is 0 Å². The van der Waals surface area contributed by atoms with Gasteiger partial charge in [-0.25, -0.2) is 0 Å². The van der Waals surface area contributed by atoms with Crippen molar-refractivity contribution in [3.8, 4) is 5.75 Å². The van der Waals surface area contributed by atoms with Gasteiger partial charge in [0, 0.05) is 29.8 Å². The molecule has 0 fully saturated rings. The molecule has 0 atom stereocenters. The Labute approximate surface area is 163 Å². The topological polar surface area (TPSA) is 15.7 Å². The van der Waals surface area contributed by atoms with Gasteiger partial charge in [-0.05, 0) is 43.0 Å². The summed E-state index contributed by atoms with van der Waals surface area (Å²) < 4.78 is 6.37. The summed E-state index contributed by atoms with van der Waals surface area (Å²) in [6.45, 7) is 16.6. The highest BCUT2D eigenvalue weighted by atomic mass is 16.5. The van der Waals surface area contributed by atoms with Crippen LogP contribution in [0.1, 0.15) is 59.6 Å². The molecule has 0 N–H and O–H groups in total. The molecule has 144 valence electrons. The molecule has 0 spiro atoms. The van der Waals surface area contributed by atoms with E-state index in [0.717, 1.165) is 12.4 Å². The number of anilines is 3. The van der Waals surface area contributed by atoms with Gasteiger partial charge in [0.05, 0.1) is 18.0 Å². The van der Waals surface area contributed by atoms with Crippen molar-refractivity contribution in [1.29, 1.82) is 0 Å². The summed E-state index contributed by atoms with van der Waals surface area (Å²) in [7, 11) is 2.17. The fraction of sp³-hybridized carbons (Fsp3) is 0.500. The first-order valence-corrected chi connectivity index (χ1v) is 9.88. The predicted molar refractivity (Wildman–Crippen MR) is 115 cm³/mol. The maximum absolute atomic E-state index is 6.37. The second-order valence-corrected chi connectivity index (χ2v) is 10.1. The molecule has 2 aliphatic heterocycles. The van der Waals surface area contributed by atoms with E-state index in [4.69, 9.17) is 4.74 Å². The van der Waals surface area contributed by atoms with Crippen molar-refractivity contribution in [3.63, 3.8) is 0 Å². The second kappa shape index (κ2) is 5.43. The number of rotatable bonds is 1. The number of ether oxygens (including phenoxy) is 1. The van der Waals surface area contributed by atoms with Crippen molar-refractivity contribution >= 4 is 17.1 Å². The highest BCUT2D eigenvalue weighted by Crippen LogP contribution is 2.54. The monoisotopic (exact) mass is 364 g/mol. The molecule has 3 heteroatoms. The lowest BCUT2D eigenvalue weighted by atomic mass is 9.74. The third-order valence-electron chi connectivity index (χ3n) is 6.72. The minimum Gasteiger partial charge on any atom is -0.487 e. The fourth-order valence-electron chi connectivity index (χ4n) is 4.11. The van der Waals surface area contributed by atoms with Crippen LogP contribution in [0.2, 0.25) is 0 Å². The summed E-state index contributed by atoms with van der Waals surface area (Å²) in [5, 5.41) is 0. The molecule has 0 aliphatic carbocycles. The smallest absolute Gasteiger partial charge is 0.126 e. The van der Waals surface area contributed by atoms with E-state index in [2.05, 4.69) is 102 Å². The number of fused-ring (bicyclic) bond motifs is 2. The first-order valence-electron chi connectivity index (χ1n) is 9.88. The number of benzene rings is 2. The van der Waals surface area contributed by atoms with Gasteiger partial charge in [-0.15, -0.1) is 0 Å². The average molecular weight is 365 g/mol. The van der Waals surface area contributed by atoms with E-state index in [1.807, 2.05) is 0 Å². The van der Waals surface area contributed by atoms with Crippen LogP contribution in [0.3, 0.4) is 0 Å². The zero-order chi connectivity index (χ0) is 19.8. The maximum Gasteiger partial charge on any atom is 0.126 e. The normalized spacial score (nSPS) is 19.7. The minimum atomic E-state index is -0.206. The molecule has 0 amide bonds. The molecular weight excluding hydrogens is 332 g/mol. The summed E-state index contributed by atoms with van der Waals surface area (Å²) in [6.07, 6.45) is 0. The van der Waals surface area contributed by atoms with Gasteiger partial charge in [-0.1, -0.05) is 46.8 Å². The second-order valence-electron chi connectivity index (χ2n) is 10.1. The zero-order valence-corrected chi connectivity index (χ0v) is 18.0. The van der Waals surface area contributed by atoms with Gasteiger partial charge >= 0.3 is 0 Å². The lowest BCUT2D eigenvalue weighted by Crippen LogP contribution is -2.42. The van der Waals surface area contributed by atoms with Crippen LogP contribution < -0.4 is 14.5 Å². The van der Waals surface area contributed by atoms with E-state index in [9.17, 15) is 0 Å². The van der Waals surface area contributed by atoms with Crippen LogP contribution in [0.25, 0.3) is 0 Å². The Bertz CT molecular complexity index is 888. The Morgan fingerprint density at radius 1 is 0.926 bits per heavy atom. The molecule has 0 radical (unpaired) electrons. The molecule has 0 unspecified atom stereocenters. The molecular formula is C24H32N2O. The summed E-state index contributed by atoms with van der Waals surface area (Å²) in [6, 6.07) is 13.6. The lowest BCUT2D eigenvalue weighted by Gasteiger charge is -2.33. The van der Waals surface area contributed by atoms with Crippen LogP contribution in [-0.4, -0.2) is 19.3 Å². The zero-order valence-electron chi connectivity index (χ0n) is 18.0. The molecule has 27 heavy (non-hydrogen) atoms. The van der Waals surface area contributed by atoms with Crippen LogP contribution in [0.15, 0.2) is 36.4 Å². The standard InChI is InChI=1S/C24H32N2O/c1-22(2,3)16-9-11-17(12-10-16)26-15-25(8)19-13-18-21(14-20(19)26)27-24(6,7)23(18,4)5/h9-14H,15H2,1-8H3. The van der Waals surface area contributed by atoms with Crippen molar-refractivity contribution in [2.75, 3.05) is 23.5 Å². The first-order chi connectivity index (χ1) is 12.4. The third kappa shape index (κ3) is 2.62. The molecule has 2 heterocycles. The SMILES string of the molecule is CN1CN(c2ccc(C(C)(C)C)cc2)c2cc3c(cc21)C(C)(C)C(C)(C)O3. The van der Waals surface area contributed by atoms with Crippen molar-refractivity contribution in [3.05, 3.63) is 47.5 Å². The van der Waals surface area contributed by atoms with Crippen molar-refractivity contribution in [2.24, 2.45) is 0 Å². The van der Waals surface area contributed by atoms with Crippen LogP contribution in [0.4, 0.5) is 17.1 Å². The first kappa shape index (κ1) is 18.2. The average Bonchev–Trinajstić information content (AvgIpc) is 2.97. The van der Waals surface area contributed by atoms with E-state index in [0.29, 0.717) is 0 Å². The summed E-state index contributed by atoms with van der Waals surface area (Å²) >= 11 is 0. The Morgan fingerprint density at radius 3 is 2.15 bits per heavy atom. The number of nitrogens with zero attached hydrogens (tertiary/aromatic N) is 2. The van der Waals surface area contributed by atoms with Crippen molar-refractivity contribution in [1.82, 2.24) is 0 Å². The van der Waals surface area contributed by atoms with Crippen LogP contribution >= 0.6 is 0 Å². The molecule has 2 aromatic carbocycles. The quantitative estimate of drug-likeness (QED) is 0.619. The maximum atomic E-state index is 6.37. The summed E-state index contributed by atoms with van der Waals surface area (Å²) in [5.74, 6) is 1.02. The van der Waals surface area contributed by atoms with E-state index < -0.39 is 0 Å². The molecule has 3 nitrogen and oxygen atoms in total. The van der Waals surface area contributed by atoms with Gasteiger partial charge in [0.25, 0.3) is 0 Å². The van der Waals surface area contributed by atoms with E-state index in [-0.39, 0.29) is 16.4 Å². The van der Waals surface area contributed by atoms with Crippen LogP contribution in [0, 0.1) is 0 Å². The molecule has 0 aromatic heterocycles. The van der Waals surface area contributed by atoms with Crippen molar-refractivity contribution < 1.29 is 4.74 Å². The number of hydrogen-bond acceptors (Lipinski definition) is 3. The Morgan fingerprint density at radius 2 is 1.56 bits per heavy atom. The van der Waals surface area contributed by atoms with E-state index >= 15 is 0 Å². The Balaban J connectivity index is 1.76. The van der Waals surface area contributed by atoms with Gasteiger partial charge in [0.2, 0.25) is 0 Å². The molecule has 0 saturated heterocycles. The molecule has 0 saturated carbocycles. The van der Waals surface area contributed by atoms with Gasteiger partial charge in [-0.2, -0.15) is 0 Å². The van der Waals surface area contributed by atoms with Crippen LogP contribution in [0.5, 0.6) is 5.75 Å². The highest BCUT2D eigenvalue weighted by Gasteiger charge is 2.49. The molecule has 2 aliphatic rings. The van der Waals surface area contributed by atoms with Crippen molar-refractivity contribution in [2.45, 2.75) is 64.9 Å². The van der Waals surface area contributed by atoms with Gasteiger partial charge < -0.3 is 14.5 Å². The lowest BCUT2D eigenvalue weighted by molar-refractivity contribution is 0.0713.